The second kappa shape index (κ2) is 5.03. The summed E-state index contributed by atoms with van der Waals surface area (Å²) in [5.41, 5.74) is 3.41. The van der Waals surface area contributed by atoms with E-state index in [4.69, 9.17) is 12.2 Å². The van der Waals surface area contributed by atoms with Crippen LogP contribution in [0.2, 0.25) is 0 Å². The van der Waals surface area contributed by atoms with Crippen LogP contribution in [-0.2, 0) is 6.42 Å². The van der Waals surface area contributed by atoms with Crippen molar-refractivity contribution in [2.75, 3.05) is 0 Å². The fraction of sp³-hybridized carbons (Fsp3) is 0.231. The molecule has 2 rings (SSSR count). The Morgan fingerprint density at radius 3 is 2.69 bits per heavy atom. The second-order valence-corrected chi connectivity index (χ2v) is 4.06. The van der Waals surface area contributed by atoms with Crippen molar-refractivity contribution in [3.8, 4) is 11.3 Å². The van der Waals surface area contributed by atoms with Gasteiger partial charge in [-0.3, -0.25) is 0 Å². The molecule has 3 heteroatoms. The third kappa shape index (κ3) is 2.19. The van der Waals surface area contributed by atoms with E-state index in [9.17, 15) is 0 Å². The zero-order chi connectivity index (χ0) is 11.4. The minimum atomic E-state index is 0.708. The fourth-order valence-electron chi connectivity index (χ4n) is 1.77. The molecule has 0 aliphatic rings. The maximum absolute atomic E-state index is 5.27. The van der Waals surface area contributed by atoms with Gasteiger partial charge in [0.1, 0.15) is 4.64 Å². The molecule has 0 radical (unpaired) electrons. The lowest BCUT2D eigenvalue weighted by atomic mass is 10.0. The number of rotatable bonds is 3. The summed E-state index contributed by atoms with van der Waals surface area (Å²) in [5, 5.41) is 0. The summed E-state index contributed by atoms with van der Waals surface area (Å²) in [6.07, 6.45) is 3.71. The molecule has 0 amide bonds. The van der Waals surface area contributed by atoms with E-state index < -0.39 is 0 Å². The van der Waals surface area contributed by atoms with Gasteiger partial charge < -0.3 is 4.98 Å². The van der Waals surface area contributed by atoms with Gasteiger partial charge in [-0.25, -0.2) is 4.98 Å². The normalized spacial score (nSPS) is 10.3. The van der Waals surface area contributed by atoms with E-state index in [1.165, 1.54) is 5.56 Å². The first-order valence-electron chi connectivity index (χ1n) is 5.45. The van der Waals surface area contributed by atoms with Crippen molar-refractivity contribution < 1.29 is 0 Å². The van der Waals surface area contributed by atoms with E-state index in [-0.39, 0.29) is 0 Å². The minimum Gasteiger partial charge on any atom is -0.346 e. The smallest absolute Gasteiger partial charge is 0.133 e. The molecule has 0 fully saturated rings. The molecule has 0 atom stereocenters. The third-order valence-electron chi connectivity index (χ3n) is 2.51. The van der Waals surface area contributed by atoms with Crippen LogP contribution in [0, 0.1) is 4.64 Å². The van der Waals surface area contributed by atoms with Crippen LogP contribution in [0.4, 0.5) is 0 Å². The number of nitrogens with zero attached hydrogens (tertiary/aromatic N) is 1. The molecule has 0 aliphatic carbocycles. The van der Waals surface area contributed by atoms with Gasteiger partial charge in [0.2, 0.25) is 0 Å². The molecule has 0 saturated carbocycles. The van der Waals surface area contributed by atoms with Crippen LogP contribution >= 0.6 is 12.2 Å². The molecule has 1 aromatic carbocycles. The lowest BCUT2D eigenvalue weighted by Crippen LogP contribution is -1.96. The molecule has 0 saturated heterocycles. The van der Waals surface area contributed by atoms with Crippen molar-refractivity contribution in [3.05, 3.63) is 46.9 Å². The van der Waals surface area contributed by atoms with Crippen molar-refractivity contribution in [2.45, 2.75) is 19.8 Å². The van der Waals surface area contributed by atoms with Gasteiger partial charge in [0.25, 0.3) is 0 Å². The first kappa shape index (κ1) is 11.0. The van der Waals surface area contributed by atoms with Crippen LogP contribution in [0.3, 0.4) is 0 Å². The molecule has 82 valence electrons. The average Bonchev–Trinajstić information content (AvgIpc) is 2.33. The Labute approximate surface area is 100 Å². The maximum atomic E-state index is 5.27. The molecule has 1 N–H and O–H groups in total. The molecular weight excluding hydrogens is 216 g/mol. The van der Waals surface area contributed by atoms with Gasteiger partial charge in [-0.1, -0.05) is 55.9 Å². The third-order valence-corrected chi connectivity index (χ3v) is 2.86. The molecule has 0 spiro atoms. The van der Waals surface area contributed by atoms with Gasteiger partial charge in [0.15, 0.2) is 0 Å². The van der Waals surface area contributed by atoms with Gasteiger partial charge >= 0.3 is 0 Å². The number of aromatic nitrogens is 2. The predicted molar refractivity (Wildman–Crippen MR) is 68.9 cm³/mol. The molecule has 2 aromatic rings. The first-order valence-corrected chi connectivity index (χ1v) is 5.85. The summed E-state index contributed by atoms with van der Waals surface area (Å²) in [6.45, 7) is 2.15. The molecule has 1 heterocycles. The number of aromatic amines is 1. The molecule has 0 aliphatic heterocycles. The van der Waals surface area contributed by atoms with Crippen LogP contribution in [0.25, 0.3) is 11.3 Å². The first-order chi connectivity index (χ1) is 7.83. The largest absolute Gasteiger partial charge is 0.346 e. The lowest BCUT2D eigenvalue weighted by Gasteiger charge is -2.08. The maximum Gasteiger partial charge on any atom is 0.133 e. The SMILES string of the molecule is CCCc1c(-c2ccccc2)[nH]cnc1=S. The highest BCUT2D eigenvalue weighted by Gasteiger charge is 2.06. The summed E-state index contributed by atoms with van der Waals surface area (Å²) in [5.74, 6) is 0. The van der Waals surface area contributed by atoms with Crippen LogP contribution < -0.4 is 0 Å². The van der Waals surface area contributed by atoms with Crippen molar-refractivity contribution in [1.82, 2.24) is 9.97 Å². The van der Waals surface area contributed by atoms with Gasteiger partial charge in [0, 0.05) is 5.56 Å². The van der Waals surface area contributed by atoms with E-state index in [1.54, 1.807) is 6.33 Å². The summed E-state index contributed by atoms with van der Waals surface area (Å²) >= 11 is 5.27. The number of nitrogens with one attached hydrogen (secondary N) is 1. The summed E-state index contributed by atoms with van der Waals surface area (Å²) in [4.78, 5) is 7.34. The highest BCUT2D eigenvalue weighted by molar-refractivity contribution is 7.71. The number of hydrogen-bond donors (Lipinski definition) is 1. The van der Waals surface area contributed by atoms with Crippen LogP contribution in [0.1, 0.15) is 18.9 Å². The zero-order valence-corrected chi connectivity index (χ0v) is 10.1. The number of hydrogen-bond acceptors (Lipinski definition) is 2. The lowest BCUT2D eigenvalue weighted by molar-refractivity contribution is 0.898. The quantitative estimate of drug-likeness (QED) is 0.813. The second-order valence-electron chi connectivity index (χ2n) is 3.68. The Morgan fingerprint density at radius 1 is 1.25 bits per heavy atom. The summed E-state index contributed by atoms with van der Waals surface area (Å²) < 4.78 is 0.708. The zero-order valence-electron chi connectivity index (χ0n) is 9.23. The summed E-state index contributed by atoms with van der Waals surface area (Å²) in [6, 6.07) is 10.2. The summed E-state index contributed by atoms with van der Waals surface area (Å²) in [7, 11) is 0. The monoisotopic (exact) mass is 230 g/mol. The highest BCUT2D eigenvalue weighted by atomic mass is 32.1. The Morgan fingerprint density at radius 2 is 2.00 bits per heavy atom. The van der Waals surface area contributed by atoms with Gasteiger partial charge in [-0.05, 0) is 12.0 Å². The van der Waals surface area contributed by atoms with Crippen molar-refractivity contribution in [3.63, 3.8) is 0 Å². The fourth-order valence-corrected chi connectivity index (χ4v) is 2.03. The molecule has 16 heavy (non-hydrogen) atoms. The molecule has 2 nitrogen and oxygen atoms in total. The Kier molecular flexibility index (Phi) is 3.47. The van der Waals surface area contributed by atoms with Gasteiger partial charge in [-0.2, -0.15) is 0 Å². The molecule has 0 unspecified atom stereocenters. The van der Waals surface area contributed by atoms with E-state index in [0.717, 1.165) is 24.1 Å². The van der Waals surface area contributed by atoms with Crippen molar-refractivity contribution in [2.24, 2.45) is 0 Å². The van der Waals surface area contributed by atoms with Crippen molar-refractivity contribution in [1.29, 1.82) is 0 Å². The van der Waals surface area contributed by atoms with Gasteiger partial charge in [0.05, 0.1) is 12.0 Å². The molecule has 0 bridgehead atoms. The van der Waals surface area contributed by atoms with Crippen LogP contribution in [0.15, 0.2) is 36.7 Å². The van der Waals surface area contributed by atoms with E-state index in [0.29, 0.717) is 4.64 Å². The highest BCUT2D eigenvalue weighted by Crippen LogP contribution is 2.21. The van der Waals surface area contributed by atoms with E-state index >= 15 is 0 Å². The number of benzene rings is 1. The Balaban J connectivity index is 2.57. The number of H-pyrrole nitrogens is 1. The van der Waals surface area contributed by atoms with Gasteiger partial charge in [-0.15, -0.1) is 0 Å². The van der Waals surface area contributed by atoms with Crippen LogP contribution in [0.5, 0.6) is 0 Å². The Bertz CT molecular complexity index is 517. The minimum absolute atomic E-state index is 0.708. The topological polar surface area (TPSA) is 28.7 Å². The van der Waals surface area contributed by atoms with E-state index in [1.807, 2.05) is 18.2 Å². The van der Waals surface area contributed by atoms with E-state index in [2.05, 4.69) is 29.0 Å². The molecule has 1 aromatic heterocycles. The van der Waals surface area contributed by atoms with Crippen LogP contribution in [-0.4, -0.2) is 9.97 Å². The Hall–Kier alpha value is -1.48. The average molecular weight is 230 g/mol. The molecular formula is C13H14N2S. The predicted octanol–water partition coefficient (Wildman–Crippen LogP) is 3.76. The standard InChI is InChI=1S/C13H14N2S/c1-2-6-11-12(14-9-15-13(11)16)10-7-4-3-5-8-10/h3-5,7-9H,2,6H2,1H3,(H,14,15,16). The van der Waals surface area contributed by atoms with Crippen molar-refractivity contribution >= 4 is 12.2 Å².